The van der Waals surface area contributed by atoms with Crippen molar-refractivity contribution in [1.82, 2.24) is 9.88 Å². The monoisotopic (exact) mass is 533 g/mol. The fourth-order valence-corrected chi connectivity index (χ4v) is 3.86. The van der Waals surface area contributed by atoms with Gasteiger partial charge in [-0.15, -0.1) is 0 Å². The summed E-state index contributed by atoms with van der Waals surface area (Å²) in [4.78, 5) is 36.7. The van der Waals surface area contributed by atoms with Gasteiger partial charge >= 0.3 is 12.1 Å². The molecule has 14 heteroatoms. The number of carbonyl (C=O) groups is 2. The summed E-state index contributed by atoms with van der Waals surface area (Å²) >= 11 is 0. The number of carbonyl (C=O) groups excluding carboxylic acids is 1. The lowest BCUT2D eigenvalue weighted by molar-refractivity contribution is -0.384. The number of hydrogen-bond acceptors (Lipinski definition) is 7. The number of ether oxygens (including phenoxy) is 1. The first-order valence-electron chi connectivity index (χ1n) is 11.2. The highest BCUT2D eigenvalue weighted by atomic mass is 19.4. The molecular weight excluding hydrogens is 511 g/mol. The fourth-order valence-electron chi connectivity index (χ4n) is 3.86. The predicted octanol–water partition coefficient (Wildman–Crippen LogP) is 3.89. The molecule has 4 N–H and O–H groups in total. The maximum Gasteiger partial charge on any atom is 0.490 e. The molecule has 38 heavy (non-hydrogen) atoms. The summed E-state index contributed by atoms with van der Waals surface area (Å²) in [6.45, 7) is 0.561. The van der Waals surface area contributed by atoms with Gasteiger partial charge in [-0.05, 0) is 55.2 Å². The number of non-ortho nitro benzene ring substituents is 1. The second-order valence-corrected chi connectivity index (χ2v) is 8.31. The number of rotatable bonds is 6. The van der Waals surface area contributed by atoms with Crippen molar-refractivity contribution in [3.05, 3.63) is 64.3 Å². The summed E-state index contributed by atoms with van der Waals surface area (Å²) in [6, 6.07) is 12.4. The van der Waals surface area contributed by atoms with E-state index in [1.807, 2.05) is 18.3 Å². The average Bonchev–Trinajstić information content (AvgIpc) is 3.50. The maximum atomic E-state index is 12.7. The lowest BCUT2D eigenvalue weighted by Gasteiger charge is -2.23. The van der Waals surface area contributed by atoms with Gasteiger partial charge in [0.15, 0.2) is 0 Å². The minimum atomic E-state index is -5.08. The molecule has 2 heterocycles. The second kappa shape index (κ2) is 11.6. The van der Waals surface area contributed by atoms with Gasteiger partial charge in [0.2, 0.25) is 5.91 Å². The van der Waals surface area contributed by atoms with Gasteiger partial charge in [0.05, 0.1) is 17.0 Å². The van der Waals surface area contributed by atoms with Crippen molar-refractivity contribution in [3.63, 3.8) is 0 Å². The van der Waals surface area contributed by atoms with E-state index in [2.05, 4.69) is 11.1 Å². The Kier molecular flexibility index (Phi) is 8.53. The zero-order valence-electron chi connectivity index (χ0n) is 19.6. The van der Waals surface area contributed by atoms with Crippen LogP contribution in [-0.4, -0.2) is 56.6 Å². The van der Waals surface area contributed by atoms with Gasteiger partial charge in [0.1, 0.15) is 17.5 Å². The van der Waals surface area contributed by atoms with Gasteiger partial charge in [-0.1, -0.05) is 0 Å². The van der Waals surface area contributed by atoms with Gasteiger partial charge in [0.25, 0.3) is 5.69 Å². The highest BCUT2D eigenvalue weighted by Crippen LogP contribution is 2.29. The van der Waals surface area contributed by atoms with Crippen molar-refractivity contribution in [3.8, 4) is 17.6 Å². The maximum absolute atomic E-state index is 12.7. The number of benzene rings is 2. The smallest absolute Gasteiger partial charge is 0.475 e. The molecule has 3 aromatic rings. The van der Waals surface area contributed by atoms with Crippen LogP contribution in [-0.2, 0) is 16.0 Å². The van der Waals surface area contributed by atoms with E-state index in [1.54, 1.807) is 11.0 Å². The highest BCUT2D eigenvalue weighted by Gasteiger charge is 2.38. The van der Waals surface area contributed by atoms with E-state index in [4.69, 9.17) is 20.4 Å². The van der Waals surface area contributed by atoms with Crippen LogP contribution in [0, 0.1) is 21.4 Å². The van der Waals surface area contributed by atoms with Crippen LogP contribution in [0.2, 0.25) is 0 Å². The molecule has 0 aliphatic carbocycles. The Morgan fingerprint density at radius 1 is 1.26 bits per heavy atom. The Balaban J connectivity index is 0.000000505. The first-order chi connectivity index (χ1) is 17.9. The zero-order chi connectivity index (χ0) is 28.0. The van der Waals surface area contributed by atoms with Crippen molar-refractivity contribution in [2.24, 2.45) is 5.73 Å². The standard InChI is InChI=1S/C22H21N5O4.C2HF3O2/c23-12-16-2-1-9-26(16)22(28)20(24)10-14-13-25-21-8-7-18(11-19(14)21)31-17-5-3-15(4-6-17)27(29)30;3-2(4,5)1(6)7/h3-8,11,13,16,20,25H,1-2,9-10,24H2;(H,6,7). The van der Waals surface area contributed by atoms with Crippen molar-refractivity contribution in [2.45, 2.75) is 37.5 Å². The molecule has 2 atom stereocenters. The molecule has 1 saturated heterocycles. The quantitative estimate of drug-likeness (QED) is 0.316. The van der Waals surface area contributed by atoms with E-state index < -0.39 is 29.2 Å². The molecular formula is C24H22F3N5O6. The Hall–Kier alpha value is -4.64. The largest absolute Gasteiger partial charge is 0.490 e. The fraction of sp³-hybridized carbons (Fsp3) is 0.292. The molecule has 2 aromatic carbocycles. The predicted molar refractivity (Wildman–Crippen MR) is 127 cm³/mol. The summed E-state index contributed by atoms with van der Waals surface area (Å²) < 4.78 is 37.6. The first kappa shape index (κ1) is 27.9. The minimum Gasteiger partial charge on any atom is -0.475 e. The molecule has 2 unspecified atom stereocenters. The van der Waals surface area contributed by atoms with E-state index in [0.29, 0.717) is 30.9 Å². The molecule has 0 bridgehead atoms. The number of H-pyrrole nitrogens is 1. The Bertz CT molecular complexity index is 1370. The van der Waals surface area contributed by atoms with Gasteiger partial charge in [-0.2, -0.15) is 18.4 Å². The number of nitrogens with one attached hydrogen (secondary N) is 1. The number of alkyl halides is 3. The number of fused-ring (bicyclic) bond motifs is 1. The van der Waals surface area contributed by atoms with E-state index in [9.17, 15) is 33.3 Å². The number of likely N-dealkylation sites (tertiary alicyclic amines) is 1. The summed E-state index contributed by atoms with van der Waals surface area (Å²) in [5.41, 5.74) is 7.94. The molecule has 1 aromatic heterocycles. The lowest BCUT2D eigenvalue weighted by atomic mass is 10.0. The number of carboxylic acid groups (broad SMARTS) is 1. The topological polar surface area (TPSA) is 176 Å². The van der Waals surface area contributed by atoms with Crippen LogP contribution in [0.25, 0.3) is 10.9 Å². The molecule has 0 saturated carbocycles. The summed E-state index contributed by atoms with van der Waals surface area (Å²) in [5, 5.41) is 28.0. The van der Waals surface area contributed by atoms with Crippen LogP contribution < -0.4 is 10.5 Å². The Labute approximate surface area is 213 Å². The van der Waals surface area contributed by atoms with E-state index in [1.165, 1.54) is 24.3 Å². The molecule has 200 valence electrons. The number of aromatic amines is 1. The minimum absolute atomic E-state index is 0.00832. The van der Waals surface area contributed by atoms with Crippen LogP contribution in [0.1, 0.15) is 18.4 Å². The number of nitriles is 1. The number of halogens is 3. The highest BCUT2D eigenvalue weighted by molar-refractivity contribution is 5.87. The zero-order valence-corrected chi connectivity index (χ0v) is 19.6. The lowest BCUT2D eigenvalue weighted by Crippen LogP contribution is -2.46. The van der Waals surface area contributed by atoms with Gasteiger partial charge in [-0.3, -0.25) is 14.9 Å². The van der Waals surface area contributed by atoms with Crippen LogP contribution in [0.15, 0.2) is 48.7 Å². The van der Waals surface area contributed by atoms with Gasteiger partial charge in [-0.25, -0.2) is 4.79 Å². The molecule has 0 radical (unpaired) electrons. The summed E-state index contributed by atoms with van der Waals surface area (Å²) in [5.74, 6) is -1.93. The number of nitro benzene ring substituents is 1. The average molecular weight is 533 g/mol. The van der Waals surface area contributed by atoms with Crippen LogP contribution in [0.3, 0.4) is 0 Å². The summed E-state index contributed by atoms with van der Waals surface area (Å²) in [7, 11) is 0. The molecule has 11 nitrogen and oxygen atoms in total. The van der Waals surface area contributed by atoms with Crippen molar-refractivity contribution in [2.75, 3.05) is 6.54 Å². The number of nitro groups is 1. The number of carboxylic acids is 1. The number of nitrogens with two attached hydrogens (primary N) is 1. The Morgan fingerprint density at radius 2 is 1.89 bits per heavy atom. The van der Waals surface area contributed by atoms with Crippen LogP contribution >= 0.6 is 0 Å². The number of hydrogen-bond donors (Lipinski definition) is 3. The third-order valence-corrected chi connectivity index (χ3v) is 5.71. The molecule has 1 fully saturated rings. The normalized spacial score (nSPS) is 15.8. The van der Waals surface area contributed by atoms with Gasteiger partial charge < -0.3 is 25.5 Å². The van der Waals surface area contributed by atoms with E-state index in [-0.39, 0.29) is 11.6 Å². The third-order valence-electron chi connectivity index (χ3n) is 5.71. The first-order valence-corrected chi connectivity index (χ1v) is 11.2. The molecule has 4 rings (SSSR count). The second-order valence-electron chi connectivity index (χ2n) is 8.31. The van der Waals surface area contributed by atoms with Crippen LogP contribution in [0.5, 0.6) is 11.5 Å². The number of nitrogens with zero attached hydrogens (tertiary/aromatic N) is 3. The number of amides is 1. The van der Waals surface area contributed by atoms with Crippen LogP contribution in [0.4, 0.5) is 18.9 Å². The number of aromatic nitrogens is 1. The van der Waals surface area contributed by atoms with Crippen molar-refractivity contribution >= 4 is 28.5 Å². The third kappa shape index (κ3) is 6.77. The SMILES string of the molecule is N#CC1CCCN1C(=O)C(N)Cc1c[nH]c2ccc(Oc3ccc([N+](=O)[O-])cc3)cc12.O=C(O)C(F)(F)F. The molecule has 1 aliphatic rings. The number of aliphatic carboxylic acids is 1. The van der Waals surface area contributed by atoms with Gasteiger partial charge in [0, 0.05) is 35.8 Å². The van der Waals surface area contributed by atoms with E-state index >= 15 is 0 Å². The Morgan fingerprint density at radius 3 is 2.47 bits per heavy atom. The van der Waals surface area contributed by atoms with E-state index in [0.717, 1.165) is 22.9 Å². The molecule has 1 aliphatic heterocycles. The summed E-state index contributed by atoms with van der Waals surface area (Å²) in [6.07, 6.45) is -1.44. The van der Waals surface area contributed by atoms with Crippen molar-refractivity contribution < 1.29 is 37.5 Å². The van der Waals surface area contributed by atoms with Crippen molar-refractivity contribution in [1.29, 1.82) is 5.26 Å². The molecule has 0 spiro atoms. The molecule has 1 amide bonds.